The van der Waals surface area contributed by atoms with Crippen LogP contribution in [0, 0.1) is 0 Å². The predicted molar refractivity (Wildman–Crippen MR) is 46.9 cm³/mol. The van der Waals surface area contributed by atoms with E-state index in [0.717, 1.165) is 18.7 Å². The maximum absolute atomic E-state index is 5.63. The van der Waals surface area contributed by atoms with Gasteiger partial charge >= 0.3 is 0 Å². The summed E-state index contributed by atoms with van der Waals surface area (Å²) >= 11 is 5.63. The minimum atomic E-state index is 0.757. The Hall–Kier alpha value is -0.640. The van der Waals surface area contributed by atoms with Crippen LogP contribution in [0.3, 0.4) is 0 Å². The standard InChI is InChI=1S/C7H13ClN4/c1-2-3-4-5-6-7-9-10-11-12(7)8/h2-6H2,1H3. The van der Waals surface area contributed by atoms with Crippen molar-refractivity contribution in [1.29, 1.82) is 0 Å². The highest BCUT2D eigenvalue weighted by molar-refractivity contribution is 6.14. The van der Waals surface area contributed by atoms with Crippen molar-refractivity contribution in [3.63, 3.8) is 0 Å². The van der Waals surface area contributed by atoms with Crippen molar-refractivity contribution < 1.29 is 0 Å². The van der Waals surface area contributed by atoms with Gasteiger partial charge in [0.15, 0.2) is 5.82 Å². The van der Waals surface area contributed by atoms with Crippen LogP contribution in [0.2, 0.25) is 0 Å². The number of aryl methyl sites for hydroxylation is 1. The lowest BCUT2D eigenvalue weighted by molar-refractivity contribution is 0.648. The number of hydrogen-bond acceptors (Lipinski definition) is 3. The molecule has 0 radical (unpaired) electrons. The van der Waals surface area contributed by atoms with E-state index in [-0.39, 0.29) is 0 Å². The molecule has 0 bridgehead atoms. The molecule has 5 heteroatoms. The number of tetrazole rings is 1. The molecular weight excluding hydrogens is 176 g/mol. The molecule has 0 saturated carbocycles. The van der Waals surface area contributed by atoms with Crippen LogP contribution in [0.15, 0.2) is 0 Å². The minimum Gasteiger partial charge on any atom is -0.136 e. The fraction of sp³-hybridized carbons (Fsp3) is 0.857. The fourth-order valence-corrected chi connectivity index (χ4v) is 1.20. The second-order valence-corrected chi connectivity index (χ2v) is 3.09. The van der Waals surface area contributed by atoms with Crippen LogP contribution in [0.5, 0.6) is 0 Å². The van der Waals surface area contributed by atoms with Crippen LogP contribution in [0.4, 0.5) is 0 Å². The van der Waals surface area contributed by atoms with Gasteiger partial charge in [0.25, 0.3) is 0 Å². The van der Waals surface area contributed by atoms with Crippen LogP contribution < -0.4 is 0 Å². The summed E-state index contributed by atoms with van der Waals surface area (Å²) in [5, 5.41) is 10.8. The van der Waals surface area contributed by atoms with Gasteiger partial charge in [-0.05, 0) is 16.8 Å². The van der Waals surface area contributed by atoms with Gasteiger partial charge in [-0.2, -0.15) is 0 Å². The fourth-order valence-electron chi connectivity index (χ4n) is 1.05. The number of rotatable bonds is 5. The summed E-state index contributed by atoms with van der Waals surface area (Å²) in [5.74, 6) is 0.757. The molecule has 12 heavy (non-hydrogen) atoms. The van der Waals surface area contributed by atoms with Crippen LogP contribution in [0.1, 0.15) is 38.4 Å². The van der Waals surface area contributed by atoms with Crippen LogP contribution in [0.25, 0.3) is 0 Å². The van der Waals surface area contributed by atoms with Gasteiger partial charge in [0, 0.05) is 18.2 Å². The highest BCUT2D eigenvalue weighted by Crippen LogP contribution is 2.04. The van der Waals surface area contributed by atoms with Gasteiger partial charge in [0.1, 0.15) is 0 Å². The van der Waals surface area contributed by atoms with Gasteiger partial charge in [0.2, 0.25) is 0 Å². The first-order valence-electron chi connectivity index (χ1n) is 4.28. The molecule has 0 unspecified atom stereocenters. The molecule has 0 aliphatic rings. The second kappa shape index (κ2) is 5.09. The van der Waals surface area contributed by atoms with Crippen molar-refractivity contribution in [1.82, 2.24) is 19.7 Å². The van der Waals surface area contributed by atoms with Gasteiger partial charge in [-0.1, -0.05) is 26.2 Å². The Balaban J connectivity index is 2.20. The average molecular weight is 189 g/mol. The molecular formula is C7H13ClN4. The predicted octanol–water partition coefficient (Wildman–Crippen LogP) is 1.80. The lowest BCUT2D eigenvalue weighted by Crippen LogP contribution is -1.94. The van der Waals surface area contributed by atoms with Crippen LogP contribution in [-0.2, 0) is 6.42 Å². The monoisotopic (exact) mass is 188 g/mol. The molecule has 4 nitrogen and oxygen atoms in total. The van der Waals surface area contributed by atoms with Gasteiger partial charge in [-0.25, -0.2) is 0 Å². The van der Waals surface area contributed by atoms with Crippen LogP contribution >= 0.6 is 11.8 Å². The van der Waals surface area contributed by atoms with Crippen LogP contribution in [-0.4, -0.2) is 19.7 Å². The van der Waals surface area contributed by atoms with E-state index in [9.17, 15) is 0 Å². The number of hydrogen-bond donors (Lipinski definition) is 0. The number of aromatic nitrogens is 4. The summed E-state index contributed by atoms with van der Waals surface area (Å²) < 4.78 is 1.21. The van der Waals surface area contributed by atoms with Gasteiger partial charge in [0.05, 0.1) is 0 Å². The Morgan fingerprint density at radius 1 is 1.33 bits per heavy atom. The molecule has 0 amide bonds. The molecule has 0 N–H and O–H groups in total. The summed E-state index contributed by atoms with van der Waals surface area (Å²) in [6, 6.07) is 0. The first-order chi connectivity index (χ1) is 5.84. The van der Waals surface area contributed by atoms with E-state index in [2.05, 4.69) is 22.4 Å². The quantitative estimate of drug-likeness (QED) is 0.662. The minimum absolute atomic E-state index is 0.757. The summed E-state index contributed by atoms with van der Waals surface area (Å²) in [6.45, 7) is 2.19. The topological polar surface area (TPSA) is 43.6 Å². The third-order valence-electron chi connectivity index (χ3n) is 1.75. The summed E-state index contributed by atoms with van der Waals surface area (Å²) in [4.78, 5) is 0. The van der Waals surface area contributed by atoms with E-state index in [4.69, 9.17) is 11.8 Å². The molecule has 0 aromatic carbocycles. The largest absolute Gasteiger partial charge is 0.169 e. The smallest absolute Gasteiger partial charge is 0.136 e. The Labute approximate surface area is 77.0 Å². The van der Waals surface area contributed by atoms with E-state index in [1.54, 1.807) is 0 Å². The normalized spacial score (nSPS) is 10.5. The SMILES string of the molecule is CCCCCCc1nnnn1Cl. The summed E-state index contributed by atoms with van der Waals surface area (Å²) in [6.07, 6.45) is 5.72. The van der Waals surface area contributed by atoms with Crippen molar-refractivity contribution in [3.8, 4) is 0 Å². The van der Waals surface area contributed by atoms with E-state index in [1.165, 1.54) is 23.5 Å². The van der Waals surface area contributed by atoms with E-state index >= 15 is 0 Å². The van der Waals surface area contributed by atoms with Crippen molar-refractivity contribution >= 4 is 11.8 Å². The molecule has 1 aromatic heterocycles. The van der Waals surface area contributed by atoms with Gasteiger partial charge in [-0.3, -0.25) is 0 Å². The lowest BCUT2D eigenvalue weighted by atomic mass is 10.1. The summed E-state index contributed by atoms with van der Waals surface area (Å²) in [5.41, 5.74) is 0. The van der Waals surface area contributed by atoms with Crippen molar-refractivity contribution in [2.24, 2.45) is 0 Å². The Morgan fingerprint density at radius 2 is 2.17 bits per heavy atom. The number of unbranched alkanes of at least 4 members (excludes halogenated alkanes) is 3. The van der Waals surface area contributed by atoms with E-state index in [1.807, 2.05) is 0 Å². The molecule has 1 rings (SSSR count). The van der Waals surface area contributed by atoms with Gasteiger partial charge in [-0.15, -0.1) is 9.30 Å². The zero-order chi connectivity index (χ0) is 8.81. The molecule has 0 spiro atoms. The maximum Gasteiger partial charge on any atom is 0.169 e. The lowest BCUT2D eigenvalue weighted by Gasteiger charge is -1.96. The third kappa shape index (κ3) is 2.77. The maximum atomic E-state index is 5.63. The average Bonchev–Trinajstić information content (AvgIpc) is 2.46. The van der Waals surface area contributed by atoms with E-state index in [0.29, 0.717) is 0 Å². The van der Waals surface area contributed by atoms with E-state index < -0.39 is 0 Å². The highest BCUT2D eigenvalue weighted by Gasteiger charge is 2.01. The summed E-state index contributed by atoms with van der Waals surface area (Å²) in [7, 11) is 0. The Kier molecular flexibility index (Phi) is 4.00. The number of halogens is 1. The number of nitrogens with zero attached hydrogens (tertiary/aromatic N) is 4. The third-order valence-corrected chi connectivity index (χ3v) is 2.01. The Bertz CT molecular complexity index is 223. The van der Waals surface area contributed by atoms with Crippen molar-refractivity contribution in [2.45, 2.75) is 39.0 Å². The first kappa shape index (κ1) is 9.45. The molecule has 68 valence electrons. The highest BCUT2D eigenvalue weighted by atomic mass is 35.5. The molecule has 1 heterocycles. The molecule has 1 aromatic rings. The molecule has 0 aliphatic carbocycles. The van der Waals surface area contributed by atoms with Crippen molar-refractivity contribution in [3.05, 3.63) is 5.82 Å². The second-order valence-electron chi connectivity index (χ2n) is 2.77. The molecule has 0 saturated heterocycles. The van der Waals surface area contributed by atoms with Crippen molar-refractivity contribution in [2.75, 3.05) is 0 Å². The first-order valence-corrected chi connectivity index (χ1v) is 4.61. The Morgan fingerprint density at radius 3 is 2.75 bits per heavy atom. The van der Waals surface area contributed by atoms with Gasteiger partial charge < -0.3 is 0 Å². The molecule has 0 aliphatic heterocycles. The zero-order valence-electron chi connectivity index (χ0n) is 7.20. The molecule has 0 fully saturated rings. The molecule has 0 atom stereocenters. The zero-order valence-corrected chi connectivity index (χ0v) is 7.96.